The van der Waals surface area contributed by atoms with Crippen molar-refractivity contribution >= 4 is 16.7 Å². The monoisotopic (exact) mass is 424 g/mol. The highest BCUT2D eigenvalue weighted by Gasteiger charge is 2.06. The van der Waals surface area contributed by atoms with Gasteiger partial charge < -0.3 is 5.11 Å². The molecule has 0 atom stereocenters. The van der Waals surface area contributed by atoms with Crippen LogP contribution in [-0.2, 0) is 6.42 Å². The first-order chi connectivity index (χ1) is 15.2. The van der Waals surface area contributed by atoms with Crippen LogP contribution in [0.3, 0.4) is 0 Å². The quantitative estimate of drug-likeness (QED) is 0.242. The summed E-state index contributed by atoms with van der Waals surface area (Å²) in [4.78, 5) is 11.2. The Kier molecular flexibility index (Phi) is 13.0. The van der Waals surface area contributed by atoms with E-state index in [0.717, 1.165) is 11.8 Å². The lowest BCUT2D eigenvalue weighted by Gasteiger charge is -2.08. The Morgan fingerprint density at radius 2 is 1.19 bits per heavy atom. The van der Waals surface area contributed by atoms with E-state index in [1.165, 1.54) is 114 Å². The molecule has 0 saturated heterocycles. The molecule has 2 aromatic rings. The molecule has 0 aliphatic carbocycles. The van der Waals surface area contributed by atoms with Gasteiger partial charge in [-0.3, -0.25) is 0 Å². The van der Waals surface area contributed by atoms with E-state index in [-0.39, 0.29) is 0 Å². The SMILES string of the molecule is CCCCCCCCCCCCCCCCCCc1cccc2cc(C(=O)O)ccc12. The molecule has 2 aromatic carbocycles. The summed E-state index contributed by atoms with van der Waals surface area (Å²) in [7, 11) is 0. The number of fused-ring (bicyclic) bond motifs is 1. The maximum atomic E-state index is 11.2. The van der Waals surface area contributed by atoms with Crippen molar-refractivity contribution in [3.8, 4) is 0 Å². The minimum atomic E-state index is -0.856. The Labute approximate surface area is 190 Å². The molecule has 2 rings (SSSR count). The van der Waals surface area contributed by atoms with Crippen LogP contribution >= 0.6 is 0 Å². The predicted octanol–water partition coefficient (Wildman–Crippen LogP) is 9.34. The van der Waals surface area contributed by atoms with E-state index in [2.05, 4.69) is 19.1 Å². The Morgan fingerprint density at radius 3 is 1.71 bits per heavy atom. The first-order valence-electron chi connectivity index (χ1n) is 13.0. The van der Waals surface area contributed by atoms with Gasteiger partial charge in [0.25, 0.3) is 0 Å². The van der Waals surface area contributed by atoms with Gasteiger partial charge in [-0.1, -0.05) is 128 Å². The number of hydrogen-bond donors (Lipinski definition) is 1. The van der Waals surface area contributed by atoms with Gasteiger partial charge in [0, 0.05) is 0 Å². The number of aromatic carboxylic acids is 1. The molecule has 172 valence electrons. The van der Waals surface area contributed by atoms with Crippen molar-refractivity contribution in [3.05, 3.63) is 47.5 Å². The fourth-order valence-corrected chi connectivity index (χ4v) is 4.57. The van der Waals surface area contributed by atoms with Crippen molar-refractivity contribution in [1.82, 2.24) is 0 Å². The van der Waals surface area contributed by atoms with Crippen LogP contribution in [0.1, 0.15) is 126 Å². The molecular formula is C29H44O2. The van der Waals surface area contributed by atoms with Gasteiger partial charge in [0.2, 0.25) is 0 Å². The fraction of sp³-hybridized carbons (Fsp3) is 0.621. The molecule has 31 heavy (non-hydrogen) atoms. The summed E-state index contributed by atoms with van der Waals surface area (Å²) in [5.41, 5.74) is 1.71. The summed E-state index contributed by atoms with van der Waals surface area (Å²) in [6.45, 7) is 2.28. The molecule has 0 aliphatic rings. The lowest BCUT2D eigenvalue weighted by atomic mass is 9.97. The number of aryl methyl sites for hydroxylation is 1. The standard InChI is InChI=1S/C29H44O2/c1-2-3-4-5-6-7-8-9-10-11-12-13-14-15-16-17-19-25-20-18-21-26-24-27(29(30)31)22-23-28(25)26/h18,20-24H,2-17,19H2,1H3,(H,30,31). The third-order valence-corrected chi connectivity index (χ3v) is 6.52. The molecule has 0 saturated carbocycles. The summed E-state index contributed by atoms with van der Waals surface area (Å²) < 4.78 is 0. The molecule has 0 heterocycles. The van der Waals surface area contributed by atoms with Crippen molar-refractivity contribution in [3.63, 3.8) is 0 Å². The smallest absolute Gasteiger partial charge is 0.335 e. The number of hydrogen-bond acceptors (Lipinski definition) is 1. The number of unbranched alkanes of at least 4 members (excludes halogenated alkanes) is 15. The molecule has 1 N–H and O–H groups in total. The molecule has 0 aliphatic heterocycles. The molecule has 0 unspecified atom stereocenters. The van der Waals surface area contributed by atoms with E-state index in [1.807, 2.05) is 12.1 Å². The number of rotatable bonds is 18. The lowest BCUT2D eigenvalue weighted by Crippen LogP contribution is -1.96. The highest BCUT2D eigenvalue weighted by atomic mass is 16.4. The number of carboxylic acid groups (broad SMARTS) is 1. The topological polar surface area (TPSA) is 37.3 Å². The normalized spacial score (nSPS) is 11.3. The largest absolute Gasteiger partial charge is 0.478 e. The molecule has 0 radical (unpaired) electrons. The van der Waals surface area contributed by atoms with Crippen LogP contribution in [0.15, 0.2) is 36.4 Å². The van der Waals surface area contributed by atoms with Crippen LogP contribution in [0, 0.1) is 0 Å². The summed E-state index contributed by atoms with van der Waals surface area (Å²) in [6, 6.07) is 11.7. The maximum Gasteiger partial charge on any atom is 0.335 e. The van der Waals surface area contributed by atoms with E-state index in [1.54, 1.807) is 12.1 Å². The van der Waals surface area contributed by atoms with Gasteiger partial charge in [-0.05, 0) is 41.3 Å². The third-order valence-electron chi connectivity index (χ3n) is 6.52. The summed E-state index contributed by atoms with van der Waals surface area (Å²) in [5, 5.41) is 11.4. The van der Waals surface area contributed by atoms with Crippen molar-refractivity contribution in [2.24, 2.45) is 0 Å². The van der Waals surface area contributed by atoms with Crippen LogP contribution < -0.4 is 0 Å². The van der Waals surface area contributed by atoms with Crippen LogP contribution in [0.2, 0.25) is 0 Å². The average molecular weight is 425 g/mol. The highest BCUT2D eigenvalue weighted by Crippen LogP contribution is 2.22. The molecule has 0 fully saturated rings. The molecule has 2 heteroatoms. The second-order valence-electron chi connectivity index (χ2n) is 9.21. The van der Waals surface area contributed by atoms with Gasteiger partial charge in [-0.25, -0.2) is 4.79 Å². The van der Waals surface area contributed by atoms with E-state index >= 15 is 0 Å². The van der Waals surface area contributed by atoms with Crippen LogP contribution in [0.25, 0.3) is 10.8 Å². The van der Waals surface area contributed by atoms with Gasteiger partial charge in [0.1, 0.15) is 0 Å². The van der Waals surface area contributed by atoms with Gasteiger partial charge in [0.15, 0.2) is 0 Å². The van der Waals surface area contributed by atoms with Gasteiger partial charge >= 0.3 is 5.97 Å². The van der Waals surface area contributed by atoms with Crippen molar-refractivity contribution < 1.29 is 9.90 Å². The third kappa shape index (κ3) is 10.4. The Hall–Kier alpha value is -1.83. The number of carbonyl (C=O) groups is 1. The number of benzene rings is 2. The summed E-state index contributed by atoms with van der Waals surface area (Å²) in [6.07, 6.45) is 23.4. The Morgan fingerprint density at radius 1 is 0.677 bits per heavy atom. The van der Waals surface area contributed by atoms with Crippen LogP contribution in [0.5, 0.6) is 0 Å². The highest BCUT2D eigenvalue weighted by molar-refractivity contribution is 5.95. The number of carboxylic acids is 1. The molecular weight excluding hydrogens is 380 g/mol. The van der Waals surface area contributed by atoms with Crippen molar-refractivity contribution in [1.29, 1.82) is 0 Å². The molecule has 0 aromatic heterocycles. The van der Waals surface area contributed by atoms with Crippen LogP contribution in [0.4, 0.5) is 0 Å². The van der Waals surface area contributed by atoms with Gasteiger partial charge in [-0.2, -0.15) is 0 Å². The molecule has 0 bridgehead atoms. The fourth-order valence-electron chi connectivity index (χ4n) is 4.57. The summed E-state index contributed by atoms with van der Waals surface area (Å²) >= 11 is 0. The summed E-state index contributed by atoms with van der Waals surface area (Å²) in [5.74, 6) is -0.856. The Bertz CT molecular complexity index is 749. The zero-order valence-corrected chi connectivity index (χ0v) is 19.8. The average Bonchev–Trinajstić information content (AvgIpc) is 2.78. The zero-order chi connectivity index (χ0) is 22.2. The van der Waals surface area contributed by atoms with Crippen molar-refractivity contribution in [2.45, 2.75) is 116 Å². The maximum absolute atomic E-state index is 11.2. The first kappa shape index (κ1) is 25.4. The second kappa shape index (κ2) is 15.9. The Balaban J connectivity index is 1.47. The van der Waals surface area contributed by atoms with Gasteiger partial charge in [0.05, 0.1) is 5.56 Å². The van der Waals surface area contributed by atoms with E-state index in [0.29, 0.717) is 5.56 Å². The lowest BCUT2D eigenvalue weighted by molar-refractivity contribution is 0.0697. The predicted molar refractivity (Wildman–Crippen MR) is 134 cm³/mol. The molecule has 0 spiro atoms. The van der Waals surface area contributed by atoms with E-state index in [4.69, 9.17) is 0 Å². The minimum absolute atomic E-state index is 0.368. The van der Waals surface area contributed by atoms with E-state index < -0.39 is 5.97 Å². The van der Waals surface area contributed by atoms with Gasteiger partial charge in [-0.15, -0.1) is 0 Å². The minimum Gasteiger partial charge on any atom is -0.478 e. The molecule has 0 amide bonds. The second-order valence-corrected chi connectivity index (χ2v) is 9.21. The van der Waals surface area contributed by atoms with Crippen molar-refractivity contribution in [2.75, 3.05) is 0 Å². The van der Waals surface area contributed by atoms with E-state index in [9.17, 15) is 9.90 Å². The zero-order valence-electron chi connectivity index (χ0n) is 19.8. The first-order valence-corrected chi connectivity index (χ1v) is 13.0. The molecule has 2 nitrogen and oxygen atoms in total. The van der Waals surface area contributed by atoms with Crippen LogP contribution in [-0.4, -0.2) is 11.1 Å².